The molecule has 0 spiro atoms. The van der Waals surface area contributed by atoms with E-state index in [-0.39, 0.29) is 17.4 Å². The number of carbonyl (C=O) groups excluding carboxylic acids is 1. The van der Waals surface area contributed by atoms with Gasteiger partial charge in [-0.3, -0.25) is 4.79 Å². The summed E-state index contributed by atoms with van der Waals surface area (Å²) in [5.41, 5.74) is 0.171. The van der Waals surface area contributed by atoms with Gasteiger partial charge in [0.25, 0.3) is 0 Å². The summed E-state index contributed by atoms with van der Waals surface area (Å²) in [6.45, 7) is 7.89. The molecule has 0 aromatic rings. The minimum Gasteiger partial charge on any atom is -0.384 e. The number of ether oxygens (including phenoxy) is 1. The summed E-state index contributed by atoms with van der Waals surface area (Å²) in [5, 5.41) is 3.28. The molecule has 4 nitrogen and oxygen atoms in total. The van der Waals surface area contributed by atoms with Crippen LogP contribution in [0.3, 0.4) is 0 Å². The first-order valence-electron chi connectivity index (χ1n) is 6.55. The van der Waals surface area contributed by atoms with Crippen LogP contribution in [0.5, 0.6) is 0 Å². The van der Waals surface area contributed by atoms with Gasteiger partial charge in [0.05, 0.1) is 12.6 Å². The van der Waals surface area contributed by atoms with E-state index in [0.717, 1.165) is 39.1 Å². The number of amides is 1. The molecule has 0 aliphatic carbocycles. The molecule has 0 saturated carbocycles. The Hall–Kier alpha value is -0.610. The van der Waals surface area contributed by atoms with Crippen molar-refractivity contribution < 1.29 is 9.53 Å². The quantitative estimate of drug-likeness (QED) is 0.796. The van der Waals surface area contributed by atoms with Crippen molar-refractivity contribution in [2.75, 3.05) is 33.4 Å². The molecule has 2 heterocycles. The number of nitrogens with one attached hydrogen (secondary N) is 1. The smallest absolute Gasteiger partial charge is 0.239 e. The summed E-state index contributed by atoms with van der Waals surface area (Å²) >= 11 is 0. The molecule has 1 N–H and O–H groups in total. The van der Waals surface area contributed by atoms with Gasteiger partial charge in [-0.1, -0.05) is 13.8 Å². The molecule has 2 rings (SSSR count). The molecule has 2 fully saturated rings. The molecule has 0 unspecified atom stereocenters. The molecular weight excluding hydrogens is 216 g/mol. The fraction of sp³-hybridized carbons (Fsp3) is 0.923. The van der Waals surface area contributed by atoms with Crippen molar-refractivity contribution >= 4 is 5.91 Å². The number of rotatable bonds is 3. The molecule has 2 aliphatic rings. The maximum Gasteiger partial charge on any atom is 0.239 e. The number of likely N-dealkylation sites (tertiary alicyclic amines) is 1. The molecular formula is C13H24N2O2. The van der Waals surface area contributed by atoms with E-state index in [9.17, 15) is 4.79 Å². The number of hydrogen-bond acceptors (Lipinski definition) is 3. The van der Waals surface area contributed by atoms with Crippen molar-refractivity contribution in [1.29, 1.82) is 0 Å². The maximum atomic E-state index is 12.3. The Bertz CT molecular complexity index is 285. The van der Waals surface area contributed by atoms with Crippen LogP contribution in [0.4, 0.5) is 0 Å². The lowest BCUT2D eigenvalue weighted by atomic mass is 9.83. The van der Waals surface area contributed by atoms with E-state index in [1.807, 2.05) is 4.90 Å². The summed E-state index contributed by atoms with van der Waals surface area (Å²) in [5.74, 6) is 0.743. The number of carbonyl (C=O) groups is 1. The average molecular weight is 240 g/mol. The van der Waals surface area contributed by atoms with Crippen molar-refractivity contribution in [2.45, 2.75) is 32.7 Å². The van der Waals surface area contributed by atoms with Gasteiger partial charge in [-0.15, -0.1) is 0 Å². The molecule has 98 valence electrons. The van der Waals surface area contributed by atoms with Crippen molar-refractivity contribution in [3.05, 3.63) is 0 Å². The highest BCUT2D eigenvalue weighted by atomic mass is 16.5. The van der Waals surface area contributed by atoms with Crippen molar-refractivity contribution in [2.24, 2.45) is 11.3 Å². The third-order valence-corrected chi connectivity index (χ3v) is 4.18. The molecule has 2 aliphatic heterocycles. The van der Waals surface area contributed by atoms with Crippen LogP contribution in [0.2, 0.25) is 0 Å². The molecule has 2 saturated heterocycles. The van der Waals surface area contributed by atoms with Gasteiger partial charge in [0.1, 0.15) is 0 Å². The van der Waals surface area contributed by atoms with E-state index in [1.54, 1.807) is 7.11 Å². The number of nitrogens with zero attached hydrogens (tertiary/aromatic N) is 1. The predicted molar refractivity (Wildman–Crippen MR) is 66.8 cm³/mol. The Balaban J connectivity index is 1.97. The standard InChI is InChI=1S/C13H24N2O2/c1-13(2)9-15(7-10(13)8-17-3)12(16)11-5-4-6-14-11/h10-11,14H,4-9H2,1-3H3/t10-,11+/m0/s1. The zero-order valence-corrected chi connectivity index (χ0v) is 11.2. The van der Waals surface area contributed by atoms with Gasteiger partial charge >= 0.3 is 0 Å². The first-order chi connectivity index (χ1) is 8.04. The van der Waals surface area contributed by atoms with E-state index in [4.69, 9.17) is 4.74 Å². The van der Waals surface area contributed by atoms with Gasteiger partial charge in [-0.25, -0.2) is 0 Å². The van der Waals surface area contributed by atoms with E-state index in [1.165, 1.54) is 0 Å². The molecule has 17 heavy (non-hydrogen) atoms. The Morgan fingerprint density at radius 3 is 2.88 bits per heavy atom. The topological polar surface area (TPSA) is 41.6 Å². The van der Waals surface area contributed by atoms with Crippen LogP contribution in [0.25, 0.3) is 0 Å². The summed E-state index contributed by atoms with van der Waals surface area (Å²) in [4.78, 5) is 14.3. The van der Waals surface area contributed by atoms with E-state index < -0.39 is 0 Å². The normalized spacial score (nSPS) is 32.1. The first kappa shape index (κ1) is 12.8. The van der Waals surface area contributed by atoms with Crippen LogP contribution in [-0.4, -0.2) is 50.2 Å². The highest BCUT2D eigenvalue weighted by Gasteiger charge is 2.42. The zero-order valence-electron chi connectivity index (χ0n) is 11.2. The second kappa shape index (κ2) is 4.94. The second-order valence-electron chi connectivity index (χ2n) is 6.01. The third-order valence-electron chi connectivity index (χ3n) is 4.18. The van der Waals surface area contributed by atoms with E-state index >= 15 is 0 Å². The largest absolute Gasteiger partial charge is 0.384 e. The van der Waals surface area contributed by atoms with Crippen LogP contribution in [0, 0.1) is 11.3 Å². The van der Waals surface area contributed by atoms with Crippen LogP contribution in [0.1, 0.15) is 26.7 Å². The second-order valence-corrected chi connectivity index (χ2v) is 6.01. The Morgan fingerprint density at radius 2 is 2.29 bits per heavy atom. The number of methoxy groups -OCH3 is 1. The van der Waals surface area contributed by atoms with Crippen LogP contribution in [0.15, 0.2) is 0 Å². The highest BCUT2D eigenvalue weighted by molar-refractivity contribution is 5.82. The van der Waals surface area contributed by atoms with Gasteiger partial charge in [0.2, 0.25) is 5.91 Å². The van der Waals surface area contributed by atoms with Gasteiger partial charge in [0.15, 0.2) is 0 Å². The Kier molecular flexibility index (Phi) is 3.73. The molecule has 0 radical (unpaired) electrons. The van der Waals surface area contributed by atoms with Gasteiger partial charge in [-0.05, 0) is 24.8 Å². The summed E-state index contributed by atoms with van der Waals surface area (Å²) < 4.78 is 5.26. The number of hydrogen-bond donors (Lipinski definition) is 1. The third kappa shape index (κ3) is 2.63. The van der Waals surface area contributed by atoms with E-state index in [0.29, 0.717) is 5.92 Å². The minimum absolute atomic E-state index is 0.0621. The van der Waals surface area contributed by atoms with Gasteiger partial charge in [-0.2, -0.15) is 0 Å². The van der Waals surface area contributed by atoms with Crippen LogP contribution in [-0.2, 0) is 9.53 Å². The molecule has 0 aromatic heterocycles. The van der Waals surface area contributed by atoms with Gasteiger partial charge < -0.3 is 15.0 Å². The van der Waals surface area contributed by atoms with Crippen LogP contribution < -0.4 is 5.32 Å². The molecule has 0 aromatic carbocycles. The summed E-state index contributed by atoms with van der Waals surface area (Å²) in [6, 6.07) is 0.0621. The SMILES string of the molecule is COC[C@@H]1CN(C(=O)[C@H]2CCCN2)CC1(C)C. The lowest BCUT2D eigenvalue weighted by Crippen LogP contribution is -2.43. The summed E-state index contributed by atoms with van der Waals surface area (Å²) in [7, 11) is 1.74. The predicted octanol–water partition coefficient (Wildman–Crippen LogP) is 0.869. The van der Waals surface area contributed by atoms with Crippen molar-refractivity contribution in [3.8, 4) is 0 Å². The van der Waals surface area contributed by atoms with E-state index in [2.05, 4.69) is 19.2 Å². The summed E-state index contributed by atoms with van der Waals surface area (Å²) in [6.07, 6.45) is 2.11. The lowest BCUT2D eigenvalue weighted by Gasteiger charge is -2.24. The highest BCUT2D eigenvalue weighted by Crippen LogP contribution is 2.35. The maximum absolute atomic E-state index is 12.3. The monoisotopic (exact) mass is 240 g/mol. The van der Waals surface area contributed by atoms with Crippen molar-refractivity contribution in [1.82, 2.24) is 10.2 Å². The fourth-order valence-electron chi connectivity index (χ4n) is 2.96. The molecule has 0 bridgehead atoms. The molecule has 4 heteroatoms. The molecule has 1 amide bonds. The zero-order chi connectivity index (χ0) is 12.5. The van der Waals surface area contributed by atoms with Gasteiger partial charge in [0, 0.05) is 26.1 Å². The minimum atomic E-state index is 0.0621. The lowest BCUT2D eigenvalue weighted by molar-refractivity contribution is -0.132. The molecule has 2 atom stereocenters. The Labute approximate surface area is 104 Å². The Morgan fingerprint density at radius 1 is 1.53 bits per heavy atom. The average Bonchev–Trinajstić information content (AvgIpc) is 2.87. The van der Waals surface area contributed by atoms with Crippen molar-refractivity contribution in [3.63, 3.8) is 0 Å². The first-order valence-corrected chi connectivity index (χ1v) is 6.55. The van der Waals surface area contributed by atoms with Crippen LogP contribution >= 0.6 is 0 Å². The fourth-order valence-corrected chi connectivity index (χ4v) is 2.96.